The number of alkyl halides is 3. The maximum Gasteiger partial charge on any atom is 0.416 e. The van der Waals surface area contributed by atoms with E-state index in [0.29, 0.717) is 18.1 Å². The fourth-order valence-electron chi connectivity index (χ4n) is 3.04. The lowest BCUT2D eigenvalue weighted by atomic mass is 10.1. The second kappa shape index (κ2) is 11.0. The zero-order chi connectivity index (χ0) is 20.0. The Bertz CT molecular complexity index is 803. The van der Waals surface area contributed by atoms with E-state index in [1.165, 1.54) is 18.9 Å². The molecule has 0 atom stereocenters. The van der Waals surface area contributed by atoms with Crippen LogP contribution in [0.5, 0.6) is 0 Å². The van der Waals surface area contributed by atoms with Crippen molar-refractivity contribution < 1.29 is 13.2 Å². The fraction of sp³-hybridized carbons (Fsp3) is 0.474. The number of benzene rings is 1. The molecule has 3 rings (SSSR count). The molecule has 0 unspecified atom stereocenters. The van der Waals surface area contributed by atoms with E-state index < -0.39 is 11.7 Å². The van der Waals surface area contributed by atoms with Crippen LogP contribution in [0.2, 0.25) is 0 Å². The minimum absolute atomic E-state index is 0. The Morgan fingerprint density at radius 2 is 2.00 bits per heavy atom. The normalized spacial score (nSPS) is 14.6. The molecule has 1 aromatic heterocycles. The number of hydrogen-bond donors (Lipinski definition) is 2. The van der Waals surface area contributed by atoms with Crippen molar-refractivity contribution in [2.75, 3.05) is 31.6 Å². The van der Waals surface area contributed by atoms with Crippen molar-refractivity contribution in [2.24, 2.45) is 4.99 Å². The van der Waals surface area contributed by atoms with Crippen LogP contribution in [0.4, 0.5) is 18.3 Å². The number of aromatic nitrogens is 1. The van der Waals surface area contributed by atoms with E-state index in [1.54, 1.807) is 24.5 Å². The van der Waals surface area contributed by atoms with E-state index in [0.717, 1.165) is 42.5 Å². The van der Waals surface area contributed by atoms with E-state index >= 15 is 0 Å². The lowest BCUT2D eigenvalue weighted by Crippen LogP contribution is -2.37. The van der Waals surface area contributed by atoms with Gasteiger partial charge < -0.3 is 15.5 Å². The van der Waals surface area contributed by atoms with E-state index in [1.807, 2.05) is 0 Å². The van der Waals surface area contributed by atoms with Crippen molar-refractivity contribution in [3.05, 3.63) is 46.5 Å². The largest absolute Gasteiger partial charge is 0.416 e. The average Bonchev–Trinajstić information content (AvgIpc) is 3.35. The molecule has 29 heavy (non-hydrogen) atoms. The molecule has 0 amide bonds. The molecule has 2 N–H and O–H groups in total. The Labute approximate surface area is 189 Å². The third-order valence-electron chi connectivity index (χ3n) is 4.53. The Hall–Kier alpha value is -1.56. The first-order valence-corrected chi connectivity index (χ1v) is 10.1. The molecule has 160 valence electrons. The first-order chi connectivity index (χ1) is 13.5. The second-order valence-corrected chi connectivity index (χ2v) is 7.45. The first-order valence-electron chi connectivity index (χ1n) is 9.26. The average molecular weight is 539 g/mol. The van der Waals surface area contributed by atoms with Gasteiger partial charge in [0, 0.05) is 45.0 Å². The van der Waals surface area contributed by atoms with Crippen LogP contribution in [0.1, 0.15) is 29.7 Å². The molecular weight excluding hydrogens is 514 g/mol. The Morgan fingerprint density at radius 3 is 2.69 bits per heavy atom. The van der Waals surface area contributed by atoms with E-state index in [-0.39, 0.29) is 30.5 Å². The SMILES string of the molecule is CN=C(NCCc1csc(N2CCCC2)n1)NCc1cccc(C(F)(F)F)c1.I. The molecule has 0 saturated carbocycles. The van der Waals surface area contributed by atoms with Crippen LogP contribution in [0, 0.1) is 0 Å². The van der Waals surface area contributed by atoms with E-state index in [2.05, 4.69) is 30.9 Å². The summed E-state index contributed by atoms with van der Waals surface area (Å²) in [5, 5.41) is 9.39. The van der Waals surface area contributed by atoms with E-state index in [9.17, 15) is 13.2 Å². The van der Waals surface area contributed by atoms with Gasteiger partial charge in [0.05, 0.1) is 11.3 Å². The predicted octanol–water partition coefficient (Wildman–Crippen LogP) is 4.29. The molecule has 2 heterocycles. The quantitative estimate of drug-likeness (QED) is 0.327. The van der Waals surface area contributed by atoms with Crippen LogP contribution in [0.15, 0.2) is 34.6 Å². The number of thiazole rings is 1. The van der Waals surface area contributed by atoms with Crippen molar-refractivity contribution in [3.8, 4) is 0 Å². The number of hydrogen-bond acceptors (Lipinski definition) is 4. The van der Waals surface area contributed by atoms with Crippen LogP contribution < -0.4 is 15.5 Å². The van der Waals surface area contributed by atoms with Gasteiger partial charge in [-0.25, -0.2) is 4.98 Å². The molecule has 1 aromatic carbocycles. The van der Waals surface area contributed by atoms with Gasteiger partial charge >= 0.3 is 6.18 Å². The van der Waals surface area contributed by atoms with Gasteiger partial charge in [0.25, 0.3) is 0 Å². The Morgan fingerprint density at radius 1 is 1.24 bits per heavy atom. The highest BCUT2D eigenvalue weighted by Crippen LogP contribution is 2.29. The number of rotatable bonds is 6. The van der Waals surface area contributed by atoms with Gasteiger partial charge in [0.2, 0.25) is 0 Å². The lowest BCUT2D eigenvalue weighted by molar-refractivity contribution is -0.137. The number of anilines is 1. The van der Waals surface area contributed by atoms with Crippen molar-refractivity contribution in [3.63, 3.8) is 0 Å². The van der Waals surface area contributed by atoms with Gasteiger partial charge in [-0.1, -0.05) is 12.1 Å². The number of nitrogens with one attached hydrogen (secondary N) is 2. The fourth-order valence-corrected chi connectivity index (χ4v) is 3.95. The van der Waals surface area contributed by atoms with Crippen molar-refractivity contribution in [1.82, 2.24) is 15.6 Å². The van der Waals surface area contributed by atoms with Gasteiger partial charge in [-0.15, -0.1) is 35.3 Å². The summed E-state index contributed by atoms with van der Waals surface area (Å²) in [5.41, 5.74) is 0.937. The van der Waals surface area contributed by atoms with Gasteiger partial charge in [-0.2, -0.15) is 13.2 Å². The third kappa shape index (κ3) is 7.02. The van der Waals surface area contributed by atoms with Crippen LogP contribution >= 0.6 is 35.3 Å². The summed E-state index contributed by atoms with van der Waals surface area (Å²) in [7, 11) is 1.63. The van der Waals surface area contributed by atoms with Crippen LogP contribution in [0.25, 0.3) is 0 Å². The molecule has 1 fully saturated rings. The minimum Gasteiger partial charge on any atom is -0.356 e. The molecular formula is C19H25F3IN5S. The van der Waals surface area contributed by atoms with Gasteiger partial charge in [0.15, 0.2) is 11.1 Å². The molecule has 2 aromatic rings. The summed E-state index contributed by atoms with van der Waals surface area (Å²) in [6.07, 6.45) is -1.12. The lowest BCUT2D eigenvalue weighted by Gasteiger charge is -2.13. The summed E-state index contributed by atoms with van der Waals surface area (Å²) in [5.74, 6) is 0.549. The molecule has 1 aliphatic heterocycles. The predicted molar refractivity (Wildman–Crippen MR) is 122 cm³/mol. The highest BCUT2D eigenvalue weighted by Gasteiger charge is 2.30. The molecule has 0 bridgehead atoms. The van der Waals surface area contributed by atoms with Crippen LogP contribution in [-0.4, -0.2) is 37.6 Å². The smallest absolute Gasteiger partial charge is 0.356 e. The topological polar surface area (TPSA) is 52.6 Å². The number of halogens is 4. The van der Waals surface area contributed by atoms with Gasteiger partial charge in [-0.05, 0) is 30.5 Å². The first kappa shape index (κ1) is 23.7. The summed E-state index contributed by atoms with van der Waals surface area (Å²) >= 11 is 1.67. The van der Waals surface area contributed by atoms with Crippen molar-refractivity contribution in [2.45, 2.75) is 32.0 Å². The molecule has 0 radical (unpaired) electrons. The minimum atomic E-state index is -4.34. The Balaban J connectivity index is 0.00000300. The summed E-state index contributed by atoms with van der Waals surface area (Å²) in [4.78, 5) is 11.1. The number of aliphatic imine (C=N–C) groups is 1. The summed E-state index contributed by atoms with van der Waals surface area (Å²) < 4.78 is 38.4. The maximum atomic E-state index is 12.8. The standard InChI is InChI=1S/C19H24F3N5S.HI/c1-23-17(25-12-14-5-4-6-15(11-14)19(20,21)22)24-8-7-16-13-28-18(26-16)27-9-2-3-10-27;/h4-6,11,13H,2-3,7-10,12H2,1H3,(H2,23,24,25);1H. The molecule has 1 saturated heterocycles. The van der Waals surface area contributed by atoms with Crippen molar-refractivity contribution >= 4 is 46.4 Å². The Kier molecular flexibility index (Phi) is 9.00. The number of guanidine groups is 1. The summed E-state index contributed by atoms with van der Waals surface area (Å²) in [6, 6.07) is 5.29. The number of nitrogens with zero attached hydrogens (tertiary/aromatic N) is 3. The highest BCUT2D eigenvalue weighted by atomic mass is 127. The summed E-state index contributed by atoms with van der Waals surface area (Å²) in [6.45, 7) is 3.07. The van der Waals surface area contributed by atoms with E-state index in [4.69, 9.17) is 0 Å². The van der Waals surface area contributed by atoms with Crippen LogP contribution in [0.3, 0.4) is 0 Å². The second-order valence-electron chi connectivity index (χ2n) is 6.62. The van der Waals surface area contributed by atoms with Crippen LogP contribution in [-0.2, 0) is 19.1 Å². The maximum absolute atomic E-state index is 12.8. The highest BCUT2D eigenvalue weighted by molar-refractivity contribution is 14.0. The van der Waals surface area contributed by atoms with Crippen molar-refractivity contribution in [1.29, 1.82) is 0 Å². The van der Waals surface area contributed by atoms with Gasteiger partial charge in [0.1, 0.15) is 0 Å². The molecule has 0 spiro atoms. The molecule has 5 nitrogen and oxygen atoms in total. The zero-order valence-corrected chi connectivity index (χ0v) is 19.3. The molecule has 0 aliphatic carbocycles. The monoisotopic (exact) mass is 539 g/mol. The molecule has 1 aliphatic rings. The molecule has 10 heteroatoms. The zero-order valence-electron chi connectivity index (χ0n) is 16.1. The third-order valence-corrected chi connectivity index (χ3v) is 5.48. The van der Waals surface area contributed by atoms with Gasteiger partial charge in [-0.3, -0.25) is 4.99 Å².